The van der Waals surface area contributed by atoms with E-state index in [1.807, 2.05) is 30.2 Å². The smallest absolute Gasteiger partial charge is 0.208 e. The summed E-state index contributed by atoms with van der Waals surface area (Å²) >= 11 is 13.4. The first-order chi connectivity index (χ1) is 10.2. The Bertz CT molecular complexity index is 723. The molecule has 1 aromatic heterocycles. The molecule has 1 fully saturated rings. The van der Waals surface area contributed by atoms with E-state index in [0.29, 0.717) is 22.4 Å². The molecule has 2 rings (SSSR count). The second-order valence-corrected chi connectivity index (χ2v) is 9.67. The van der Waals surface area contributed by atoms with Gasteiger partial charge in [0.15, 0.2) is 0 Å². The normalized spacial score (nSPS) is 17.1. The van der Waals surface area contributed by atoms with E-state index in [-0.39, 0.29) is 0 Å². The Morgan fingerprint density at radius 1 is 1.41 bits per heavy atom. The van der Waals surface area contributed by atoms with Crippen molar-refractivity contribution in [3.63, 3.8) is 0 Å². The summed E-state index contributed by atoms with van der Waals surface area (Å²) in [5.74, 6) is 0. The highest BCUT2D eigenvalue weighted by atomic mass is 32.2. The standard InChI is InChI=1S/C12H15N3O2S5/c1-15(6-5-13-22(2,16)17)10-4-3-8(20-10)7-9-11(18)14-12(19)21-9/h3-4,7,13H,5-6H2,1-2H3,(H,14,18,19)/b9-7-. The SMILES string of the molecule is CN(CCNS(C)(=O)=O)c1ccc(/C=C2\SC(=S)NC2=S)s1. The van der Waals surface area contributed by atoms with E-state index in [2.05, 4.69) is 10.0 Å². The Labute approximate surface area is 149 Å². The number of hydrogen-bond acceptors (Lipinski definition) is 7. The Morgan fingerprint density at radius 3 is 2.73 bits per heavy atom. The van der Waals surface area contributed by atoms with Crippen molar-refractivity contribution >= 4 is 77.9 Å². The number of thiophene rings is 1. The van der Waals surface area contributed by atoms with Crippen molar-refractivity contribution in [2.24, 2.45) is 0 Å². The largest absolute Gasteiger partial charge is 0.365 e. The summed E-state index contributed by atoms with van der Waals surface area (Å²) in [6, 6.07) is 4.02. The number of anilines is 1. The van der Waals surface area contributed by atoms with Crippen molar-refractivity contribution in [3.05, 3.63) is 21.9 Å². The van der Waals surface area contributed by atoms with Crippen molar-refractivity contribution in [2.45, 2.75) is 0 Å². The first-order valence-corrected chi connectivity index (χ1v) is 10.6. The van der Waals surface area contributed by atoms with Gasteiger partial charge in [-0.15, -0.1) is 11.3 Å². The fourth-order valence-electron chi connectivity index (χ4n) is 1.68. The summed E-state index contributed by atoms with van der Waals surface area (Å²) in [7, 11) is -1.21. The van der Waals surface area contributed by atoms with Gasteiger partial charge in [-0.2, -0.15) is 0 Å². The fourth-order valence-corrected chi connectivity index (χ4v) is 4.63. The minimum Gasteiger partial charge on any atom is -0.365 e. The molecule has 120 valence electrons. The maximum Gasteiger partial charge on any atom is 0.208 e. The van der Waals surface area contributed by atoms with Crippen molar-refractivity contribution < 1.29 is 8.42 Å². The van der Waals surface area contributed by atoms with Gasteiger partial charge >= 0.3 is 0 Å². The Morgan fingerprint density at radius 2 is 2.14 bits per heavy atom. The van der Waals surface area contributed by atoms with Crippen molar-refractivity contribution in [1.82, 2.24) is 10.0 Å². The van der Waals surface area contributed by atoms with Crippen LogP contribution < -0.4 is 14.9 Å². The molecule has 0 spiro atoms. The number of thioether (sulfide) groups is 1. The number of nitrogens with one attached hydrogen (secondary N) is 2. The lowest BCUT2D eigenvalue weighted by Gasteiger charge is -2.16. The average molecular weight is 394 g/mol. The third kappa shape index (κ3) is 5.28. The molecule has 1 aromatic rings. The molecular formula is C12H15N3O2S5. The monoisotopic (exact) mass is 393 g/mol. The zero-order chi connectivity index (χ0) is 16.3. The predicted octanol–water partition coefficient (Wildman–Crippen LogP) is 2.02. The van der Waals surface area contributed by atoms with Crippen molar-refractivity contribution in [1.29, 1.82) is 0 Å². The first kappa shape index (κ1) is 17.8. The van der Waals surface area contributed by atoms with Crippen LogP contribution in [0.5, 0.6) is 0 Å². The maximum absolute atomic E-state index is 11.0. The molecular weight excluding hydrogens is 378 g/mol. The average Bonchev–Trinajstić information content (AvgIpc) is 2.96. The number of sulfonamides is 1. The molecule has 0 aromatic carbocycles. The van der Waals surface area contributed by atoms with Crippen LogP contribution >= 0.6 is 47.5 Å². The number of rotatable bonds is 6. The van der Waals surface area contributed by atoms with Crippen LogP contribution in [0.4, 0.5) is 5.00 Å². The van der Waals surface area contributed by atoms with Gasteiger partial charge in [0.25, 0.3) is 0 Å². The van der Waals surface area contributed by atoms with Crippen LogP contribution in [0.15, 0.2) is 17.0 Å². The summed E-state index contributed by atoms with van der Waals surface area (Å²) in [5, 5.41) is 4.01. The predicted molar refractivity (Wildman–Crippen MR) is 104 cm³/mol. The molecule has 0 radical (unpaired) electrons. The summed E-state index contributed by atoms with van der Waals surface area (Å²) in [5.41, 5.74) is 0. The second kappa shape index (κ2) is 7.37. The molecule has 0 amide bonds. The van der Waals surface area contributed by atoms with Gasteiger partial charge in [0.2, 0.25) is 10.0 Å². The number of likely N-dealkylation sites (N-methyl/N-ethyl adjacent to an activating group) is 1. The third-order valence-electron chi connectivity index (χ3n) is 2.72. The lowest BCUT2D eigenvalue weighted by atomic mass is 10.4. The highest BCUT2D eigenvalue weighted by Gasteiger charge is 2.18. The second-order valence-electron chi connectivity index (χ2n) is 4.62. The molecule has 0 saturated carbocycles. The lowest BCUT2D eigenvalue weighted by molar-refractivity contribution is 0.588. The van der Waals surface area contributed by atoms with E-state index in [1.165, 1.54) is 11.8 Å². The minimum absolute atomic E-state index is 0.377. The molecule has 0 bridgehead atoms. The van der Waals surface area contributed by atoms with E-state index in [4.69, 9.17) is 24.4 Å². The van der Waals surface area contributed by atoms with E-state index in [0.717, 1.165) is 21.0 Å². The quantitative estimate of drug-likeness (QED) is 0.566. The van der Waals surface area contributed by atoms with Crippen LogP contribution in [0.2, 0.25) is 0 Å². The lowest BCUT2D eigenvalue weighted by Crippen LogP contribution is -2.31. The van der Waals surface area contributed by atoms with Crippen LogP contribution in [0.25, 0.3) is 6.08 Å². The highest BCUT2D eigenvalue weighted by Crippen LogP contribution is 2.31. The minimum atomic E-state index is -3.14. The summed E-state index contributed by atoms with van der Waals surface area (Å²) in [4.78, 5) is 4.70. The number of nitrogens with zero attached hydrogens (tertiary/aromatic N) is 1. The van der Waals surface area contributed by atoms with Gasteiger partial charge in [-0.05, 0) is 18.2 Å². The summed E-state index contributed by atoms with van der Waals surface area (Å²) in [6.45, 7) is 0.976. The molecule has 0 atom stereocenters. The Balaban J connectivity index is 1.98. The molecule has 5 nitrogen and oxygen atoms in total. The van der Waals surface area contributed by atoms with Crippen LogP contribution in [0.1, 0.15) is 4.88 Å². The van der Waals surface area contributed by atoms with Crippen LogP contribution in [-0.2, 0) is 10.0 Å². The molecule has 2 heterocycles. The molecule has 1 aliphatic rings. The molecule has 10 heteroatoms. The molecule has 0 unspecified atom stereocenters. The van der Waals surface area contributed by atoms with Gasteiger partial charge in [0.05, 0.1) is 16.2 Å². The molecule has 2 N–H and O–H groups in total. The Kier molecular flexibility index (Phi) is 5.97. The molecule has 22 heavy (non-hydrogen) atoms. The summed E-state index contributed by atoms with van der Waals surface area (Å²) in [6.07, 6.45) is 3.17. The summed E-state index contributed by atoms with van der Waals surface area (Å²) < 4.78 is 25.2. The van der Waals surface area contributed by atoms with Gasteiger partial charge in [-0.1, -0.05) is 36.2 Å². The van der Waals surface area contributed by atoms with E-state index in [9.17, 15) is 8.42 Å². The Hall–Kier alpha value is -0.520. The van der Waals surface area contributed by atoms with Gasteiger partial charge < -0.3 is 10.2 Å². The van der Waals surface area contributed by atoms with Gasteiger partial charge in [-0.25, -0.2) is 13.1 Å². The van der Waals surface area contributed by atoms with E-state index < -0.39 is 10.0 Å². The van der Waals surface area contributed by atoms with Crippen LogP contribution in [0, 0.1) is 0 Å². The van der Waals surface area contributed by atoms with Crippen LogP contribution in [0.3, 0.4) is 0 Å². The van der Waals surface area contributed by atoms with Gasteiger partial charge in [0.1, 0.15) is 9.31 Å². The zero-order valence-corrected chi connectivity index (χ0v) is 16.0. The molecule has 1 aliphatic heterocycles. The maximum atomic E-state index is 11.0. The topological polar surface area (TPSA) is 61.4 Å². The number of thiocarbonyl (C=S) groups is 2. The fraction of sp³-hybridized carbons (Fsp3) is 0.333. The zero-order valence-electron chi connectivity index (χ0n) is 12.0. The van der Waals surface area contributed by atoms with E-state index in [1.54, 1.807) is 11.3 Å². The third-order valence-corrected chi connectivity index (χ3v) is 6.22. The molecule has 0 aliphatic carbocycles. The van der Waals surface area contributed by atoms with Gasteiger partial charge in [-0.3, -0.25) is 0 Å². The van der Waals surface area contributed by atoms with E-state index >= 15 is 0 Å². The highest BCUT2D eigenvalue weighted by molar-refractivity contribution is 8.27. The van der Waals surface area contributed by atoms with Crippen molar-refractivity contribution in [3.8, 4) is 0 Å². The van der Waals surface area contributed by atoms with Crippen LogP contribution in [-0.4, -0.2) is 44.1 Å². The van der Waals surface area contributed by atoms with Crippen molar-refractivity contribution in [2.75, 3.05) is 31.3 Å². The first-order valence-electron chi connectivity index (χ1n) is 6.25. The number of hydrogen-bond donors (Lipinski definition) is 2. The molecule has 1 saturated heterocycles. The van der Waals surface area contributed by atoms with Gasteiger partial charge in [0, 0.05) is 25.0 Å².